The van der Waals surface area contributed by atoms with Gasteiger partial charge in [0.1, 0.15) is 0 Å². The van der Waals surface area contributed by atoms with Gasteiger partial charge < -0.3 is 14.8 Å². The van der Waals surface area contributed by atoms with Crippen molar-refractivity contribution in [2.75, 3.05) is 19.8 Å². The van der Waals surface area contributed by atoms with Crippen LogP contribution in [0.3, 0.4) is 0 Å². The number of rotatable bonds is 8. The number of allylic oxidation sites excluding steroid dienone is 1. The molecule has 174 valence electrons. The normalized spacial score (nSPS) is 17.8. The van der Waals surface area contributed by atoms with Crippen molar-refractivity contribution >= 4 is 29.2 Å². The largest absolute Gasteiger partial charge is 0.465 e. The van der Waals surface area contributed by atoms with E-state index in [1.54, 1.807) is 38.1 Å². The van der Waals surface area contributed by atoms with Gasteiger partial charge in [-0.25, -0.2) is 4.79 Å². The van der Waals surface area contributed by atoms with Gasteiger partial charge in [0, 0.05) is 41.7 Å². The summed E-state index contributed by atoms with van der Waals surface area (Å²) in [5.74, 6) is -2.36. The van der Waals surface area contributed by atoms with Crippen molar-refractivity contribution in [1.82, 2.24) is 5.32 Å². The van der Waals surface area contributed by atoms with E-state index >= 15 is 0 Å². The predicted molar refractivity (Wildman–Crippen MR) is 123 cm³/mol. The number of hydrogen-bond donors (Lipinski definition) is 1. The SMILES string of the molecule is CCOC(=O)C1=C(Cc2ccc([N+](=O)[O-])cc2)NC[C@@H](c2ccc(Cl)cc2)[C@@H]1C(=O)OCC. The molecule has 1 N–H and O–H groups in total. The minimum absolute atomic E-state index is 0.0258. The van der Waals surface area contributed by atoms with E-state index in [4.69, 9.17) is 21.1 Å². The van der Waals surface area contributed by atoms with Gasteiger partial charge in [-0.3, -0.25) is 14.9 Å². The molecule has 1 heterocycles. The van der Waals surface area contributed by atoms with E-state index in [1.165, 1.54) is 12.1 Å². The lowest BCUT2D eigenvalue weighted by Crippen LogP contribution is -2.42. The molecule has 2 atom stereocenters. The molecule has 0 saturated carbocycles. The van der Waals surface area contributed by atoms with E-state index in [2.05, 4.69) is 5.32 Å². The highest BCUT2D eigenvalue weighted by molar-refractivity contribution is 6.30. The van der Waals surface area contributed by atoms with Crippen LogP contribution in [0.4, 0.5) is 5.69 Å². The van der Waals surface area contributed by atoms with Crippen LogP contribution in [0.25, 0.3) is 0 Å². The van der Waals surface area contributed by atoms with Gasteiger partial charge in [0.05, 0.1) is 29.6 Å². The maximum atomic E-state index is 13.1. The van der Waals surface area contributed by atoms with Gasteiger partial charge in [-0.1, -0.05) is 35.9 Å². The molecular weight excluding hydrogens is 448 g/mol. The number of nitro benzene ring substituents is 1. The molecule has 1 aliphatic heterocycles. The van der Waals surface area contributed by atoms with Crippen LogP contribution in [0.5, 0.6) is 0 Å². The lowest BCUT2D eigenvalue weighted by Gasteiger charge is -2.34. The number of carbonyl (C=O) groups is 2. The fourth-order valence-corrected chi connectivity index (χ4v) is 4.05. The molecular formula is C24H25ClN2O6. The maximum Gasteiger partial charge on any atom is 0.336 e. The summed E-state index contributed by atoms with van der Waals surface area (Å²) in [4.78, 5) is 36.6. The molecule has 1 aliphatic rings. The van der Waals surface area contributed by atoms with Crippen LogP contribution in [0.1, 0.15) is 30.9 Å². The highest BCUT2D eigenvalue weighted by Gasteiger charge is 2.42. The zero-order valence-electron chi connectivity index (χ0n) is 18.4. The number of nitrogens with zero attached hydrogens (tertiary/aromatic N) is 1. The zero-order chi connectivity index (χ0) is 24.0. The number of nitrogens with one attached hydrogen (secondary N) is 1. The topological polar surface area (TPSA) is 108 Å². The first kappa shape index (κ1) is 24.3. The van der Waals surface area contributed by atoms with Crippen molar-refractivity contribution in [1.29, 1.82) is 0 Å². The van der Waals surface area contributed by atoms with Crippen molar-refractivity contribution in [3.63, 3.8) is 0 Å². The lowest BCUT2D eigenvalue weighted by molar-refractivity contribution is -0.384. The Balaban J connectivity index is 2.06. The molecule has 8 nitrogen and oxygen atoms in total. The van der Waals surface area contributed by atoms with Crippen molar-refractivity contribution in [2.24, 2.45) is 5.92 Å². The van der Waals surface area contributed by atoms with Crippen LogP contribution in [-0.2, 0) is 25.5 Å². The minimum Gasteiger partial charge on any atom is -0.465 e. The summed E-state index contributed by atoms with van der Waals surface area (Å²) in [7, 11) is 0. The average Bonchev–Trinajstić information content (AvgIpc) is 2.80. The number of esters is 2. The highest BCUT2D eigenvalue weighted by Crippen LogP contribution is 2.37. The molecule has 0 aromatic heterocycles. The van der Waals surface area contributed by atoms with Crippen molar-refractivity contribution in [3.05, 3.63) is 86.1 Å². The van der Waals surface area contributed by atoms with E-state index in [1.807, 2.05) is 12.1 Å². The van der Waals surface area contributed by atoms with Gasteiger partial charge in [-0.05, 0) is 37.1 Å². The van der Waals surface area contributed by atoms with Crippen molar-refractivity contribution < 1.29 is 24.0 Å². The third kappa shape index (κ3) is 5.70. The number of benzene rings is 2. The lowest BCUT2D eigenvalue weighted by atomic mass is 9.77. The predicted octanol–water partition coefficient (Wildman–Crippen LogP) is 4.17. The molecule has 0 saturated heterocycles. The van der Waals surface area contributed by atoms with Crippen LogP contribution in [0.2, 0.25) is 5.02 Å². The first-order chi connectivity index (χ1) is 15.8. The molecule has 0 bridgehead atoms. The average molecular weight is 473 g/mol. The molecule has 0 fully saturated rings. The molecule has 0 radical (unpaired) electrons. The minimum atomic E-state index is -0.875. The van der Waals surface area contributed by atoms with Gasteiger partial charge in [0.2, 0.25) is 0 Å². The Labute approximate surface area is 196 Å². The van der Waals surface area contributed by atoms with Gasteiger partial charge >= 0.3 is 11.9 Å². The van der Waals surface area contributed by atoms with Gasteiger partial charge in [-0.2, -0.15) is 0 Å². The fraction of sp³-hybridized carbons (Fsp3) is 0.333. The summed E-state index contributed by atoms with van der Waals surface area (Å²) in [5, 5.41) is 14.8. The quantitative estimate of drug-likeness (QED) is 0.349. The van der Waals surface area contributed by atoms with Crippen LogP contribution in [0.15, 0.2) is 59.8 Å². The van der Waals surface area contributed by atoms with Crippen LogP contribution in [-0.4, -0.2) is 36.6 Å². The molecule has 33 heavy (non-hydrogen) atoms. The first-order valence-corrected chi connectivity index (χ1v) is 11.0. The summed E-state index contributed by atoms with van der Waals surface area (Å²) in [6.07, 6.45) is 0.273. The molecule has 0 unspecified atom stereocenters. The van der Waals surface area contributed by atoms with Crippen LogP contribution in [0, 0.1) is 16.0 Å². The first-order valence-electron chi connectivity index (χ1n) is 10.6. The molecule has 0 spiro atoms. The second-order valence-electron chi connectivity index (χ2n) is 7.48. The van der Waals surface area contributed by atoms with Gasteiger partial charge in [-0.15, -0.1) is 0 Å². The number of non-ortho nitro benzene ring substituents is 1. The smallest absolute Gasteiger partial charge is 0.336 e. The van der Waals surface area contributed by atoms with E-state index in [9.17, 15) is 19.7 Å². The third-order valence-electron chi connectivity index (χ3n) is 5.44. The van der Waals surface area contributed by atoms with E-state index in [-0.39, 0.29) is 36.8 Å². The Bertz CT molecular complexity index is 1050. The molecule has 9 heteroatoms. The van der Waals surface area contributed by atoms with Crippen LogP contribution >= 0.6 is 11.6 Å². The number of ether oxygens (including phenoxy) is 2. The van der Waals surface area contributed by atoms with Crippen LogP contribution < -0.4 is 5.32 Å². The Morgan fingerprint density at radius 3 is 2.27 bits per heavy atom. The number of nitro groups is 1. The second kappa shape index (κ2) is 11.0. The monoisotopic (exact) mass is 472 g/mol. The summed E-state index contributed by atoms with van der Waals surface area (Å²) in [6.45, 7) is 4.11. The second-order valence-corrected chi connectivity index (χ2v) is 7.92. The van der Waals surface area contributed by atoms with Crippen molar-refractivity contribution in [2.45, 2.75) is 26.2 Å². The number of hydrogen-bond acceptors (Lipinski definition) is 7. The Kier molecular flexibility index (Phi) is 8.06. The molecule has 0 aliphatic carbocycles. The fourth-order valence-electron chi connectivity index (χ4n) is 3.93. The van der Waals surface area contributed by atoms with Gasteiger partial charge in [0.25, 0.3) is 5.69 Å². The van der Waals surface area contributed by atoms with E-state index < -0.39 is 22.8 Å². The third-order valence-corrected chi connectivity index (χ3v) is 5.69. The van der Waals surface area contributed by atoms with E-state index in [0.29, 0.717) is 17.3 Å². The van der Waals surface area contributed by atoms with Crippen molar-refractivity contribution in [3.8, 4) is 0 Å². The summed E-state index contributed by atoms with van der Waals surface area (Å²) < 4.78 is 10.7. The summed E-state index contributed by atoms with van der Waals surface area (Å²) in [6, 6.07) is 13.2. The summed E-state index contributed by atoms with van der Waals surface area (Å²) >= 11 is 6.03. The van der Waals surface area contributed by atoms with Gasteiger partial charge in [0.15, 0.2) is 0 Å². The maximum absolute atomic E-state index is 13.1. The Morgan fingerprint density at radius 1 is 1.06 bits per heavy atom. The summed E-state index contributed by atoms with van der Waals surface area (Å²) in [5.41, 5.74) is 2.30. The zero-order valence-corrected chi connectivity index (χ0v) is 19.1. The highest BCUT2D eigenvalue weighted by atomic mass is 35.5. The molecule has 3 rings (SSSR count). The number of halogens is 1. The Hall–Kier alpha value is -3.39. The Morgan fingerprint density at radius 2 is 1.70 bits per heavy atom. The molecule has 2 aromatic carbocycles. The molecule has 0 amide bonds. The van der Waals surface area contributed by atoms with E-state index in [0.717, 1.165) is 11.1 Å². The standard InChI is InChI=1S/C24H25ClN2O6/c1-3-32-23(28)21-19(16-7-9-17(25)10-8-16)14-26-20(22(21)24(29)33-4-2)13-15-5-11-18(12-6-15)27(30)31/h5-12,19,21,26H,3-4,13-14H2,1-2H3/t19-,21-/m0/s1. The number of carbonyl (C=O) groups excluding carboxylic acids is 2. The molecule has 2 aromatic rings.